The quantitative estimate of drug-likeness (QED) is 0.521. The van der Waals surface area contributed by atoms with Gasteiger partial charge in [0.1, 0.15) is 5.60 Å². The van der Waals surface area contributed by atoms with Crippen LogP contribution in [0.1, 0.15) is 58.4 Å². The molecule has 1 unspecified atom stereocenters. The zero-order chi connectivity index (χ0) is 25.1. The van der Waals surface area contributed by atoms with Crippen LogP contribution in [0.25, 0.3) is 10.8 Å². The third kappa shape index (κ3) is 6.37. The highest BCUT2D eigenvalue weighted by atomic mass is 32.2. The number of nitrogens with zero attached hydrogens (tertiary/aromatic N) is 2. The van der Waals surface area contributed by atoms with Crippen LogP contribution in [0.15, 0.2) is 29.3 Å². The molecular weight excluding hydrogens is 458 g/mol. The van der Waals surface area contributed by atoms with Gasteiger partial charge in [-0.15, -0.1) is 0 Å². The van der Waals surface area contributed by atoms with Gasteiger partial charge >= 0.3 is 6.09 Å². The largest absolute Gasteiger partial charge is 0.481 e. The summed E-state index contributed by atoms with van der Waals surface area (Å²) in [6, 6.07) is 4.48. The Kier molecular flexibility index (Phi) is 8.05. The Morgan fingerprint density at radius 1 is 1.32 bits per heavy atom. The first kappa shape index (κ1) is 26.2. The molecule has 34 heavy (non-hydrogen) atoms. The second-order valence-corrected chi connectivity index (χ2v) is 11.4. The second kappa shape index (κ2) is 10.5. The van der Waals surface area contributed by atoms with Crippen molar-refractivity contribution in [3.05, 3.63) is 30.0 Å². The maximum Gasteiger partial charge on any atom is 0.410 e. The molecule has 0 radical (unpaired) electrons. The maximum atomic E-state index is 13.5. The summed E-state index contributed by atoms with van der Waals surface area (Å²) in [7, 11) is -2.42. The average Bonchev–Trinajstić information content (AvgIpc) is 3.59. The topological polar surface area (TPSA) is 118 Å². The minimum atomic E-state index is -3.93. The highest BCUT2D eigenvalue weighted by molar-refractivity contribution is 7.89. The van der Waals surface area contributed by atoms with Crippen LogP contribution >= 0.6 is 0 Å². The number of ether oxygens (including phenoxy) is 2. The fourth-order valence-electron chi connectivity index (χ4n) is 3.90. The zero-order valence-corrected chi connectivity index (χ0v) is 21.3. The Hall–Kier alpha value is -2.43. The van der Waals surface area contributed by atoms with Crippen LogP contribution in [0.2, 0.25) is 0 Å². The molecule has 1 aliphatic rings. The third-order valence-electron chi connectivity index (χ3n) is 5.45. The van der Waals surface area contributed by atoms with Gasteiger partial charge in [-0.1, -0.05) is 6.07 Å². The van der Waals surface area contributed by atoms with E-state index >= 15 is 0 Å². The highest BCUT2D eigenvalue weighted by Crippen LogP contribution is 2.45. The monoisotopic (exact) mass is 493 g/mol. The van der Waals surface area contributed by atoms with Gasteiger partial charge in [-0.3, -0.25) is 0 Å². The number of pyridine rings is 1. The summed E-state index contributed by atoms with van der Waals surface area (Å²) in [4.78, 5) is 18.6. The molecule has 3 rings (SSSR count). The molecule has 1 heterocycles. The Morgan fingerprint density at radius 2 is 2.03 bits per heavy atom. The summed E-state index contributed by atoms with van der Waals surface area (Å²) in [6.07, 6.45) is 3.51. The molecule has 1 amide bonds. The van der Waals surface area contributed by atoms with E-state index in [1.54, 1.807) is 46.0 Å². The van der Waals surface area contributed by atoms with E-state index in [1.807, 2.05) is 6.07 Å². The van der Waals surface area contributed by atoms with E-state index in [4.69, 9.17) is 9.47 Å². The van der Waals surface area contributed by atoms with E-state index in [1.165, 1.54) is 12.0 Å². The van der Waals surface area contributed by atoms with Crippen molar-refractivity contribution in [1.29, 1.82) is 0 Å². The van der Waals surface area contributed by atoms with Crippen LogP contribution in [0.4, 0.5) is 4.79 Å². The van der Waals surface area contributed by atoms with E-state index in [2.05, 4.69) is 9.71 Å². The Labute approximate surface area is 201 Å². The molecule has 2 N–H and O–H groups in total. The number of amides is 1. The lowest BCUT2D eigenvalue weighted by molar-refractivity contribution is 0.0229. The fraction of sp³-hybridized carbons (Fsp3) is 0.583. The Balaban J connectivity index is 1.88. The Morgan fingerprint density at radius 3 is 2.62 bits per heavy atom. The van der Waals surface area contributed by atoms with Gasteiger partial charge in [0, 0.05) is 42.7 Å². The lowest BCUT2D eigenvalue weighted by Crippen LogP contribution is -2.46. The predicted molar refractivity (Wildman–Crippen MR) is 130 cm³/mol. The molecule has 1 fully saturated rings. The number of nitrogens with one attached hydrogen (secondary N) is 1. The molecule has 1 aromatic heterocycles. The summed E-state index contributed by atoms with van der Waals surface area (Å²) in [6.45, 7) is 7.25. The van der Waals surface area contributed by atoms with Crippen LogP contribution in [0, 0.1) is 0 Å². The number of rotatable bonds is 10. The summed E-state index contributed by atoms with van der Waals surface area (Å²) in [5.41, 5.74) is 0.217. The zero-order valence-electron chi connectivity index (χ0n) is 20.5. The number of aromatic nitrogens is 1. The van der Waals surface area contributed by atoms with E-state index in [0.717, 1.165) is 18.4 Å². The van der Waals surface area contributed by atoms with Gasteiger partial charge in [-0.25, -0.2) is 22.9 Å². The number of hydrogen-bond acceptors (Lipinski definition) is 7. The molecule has 1 aromatic carbocycles. The minimum absolute atomic E-state index is 0.0881. The second-order valence-electron chi connectivity index (χ2n) is 9.70. The molecular formula is C24H35N3O6S. The molecule has 188 valence electrons. The maximum absolute atomic E-state index is 13.5. The highest BCUT2D eigenvalue weighted by Gasteiger charge is 2.31. The van der Waals surface area contributed by atoms with Crippen molar-refractivity contribution in [2.75, 3.05) is 26.8 Å². The summed E-state index contributed by atoms with van der Waals surface area (Å²) >= 11 is 0. The Bertz CT molecular complexity index is 1130. The average molecular weight is 494 g/mol. The summed E-state index contributed by atoms with van der Waals surface area (Å²) in [5.74, 6) is 0.667. The smallest absolute Gasteiger partial charge is 0.410 e. The van der Waals surface area contributed by atoms with E-state index < -0.39 is 27.8 Å². The SMILES string of the molecule is COc1ncc(C2CC2)c2c(S(=O)(=O)NC(C)CN(CCCO)C(=O)OC(C)(C)C)cccc12. The van der Waals surface area contributed by atoms with Crippen molar-refractivity contribution >= 4 is 26.9 Å². The number of sulfonamides is 1. The first-order valence-electron chi connectivity index (χ1n) is 11.5. The van der Waals surface area contributed by atoms with Crippen molar-refractivity contribution < 1.29 is 27.8 Å². The molecule has 1 aliphatic carbocycles. The van der Waals surface area contributed by atoms with Crippen molar-refractivity contribution in [3.63, 3.8) is 0 Å². The van der Waals surface area contributed by atoms with Crippen LogP contribution in [0.5, 0.6) is 5.88 Å². The van der Waals surface area contributed by atoms with Crippen LogP contribution < -0.4 is 9.46 Å². The van der Waals surface area contributed by atoms with E-state index in [0.29, 0.717) is 23.1 Å². The third-order valence-corrected chi connectivity index (χ3v) is 7.09. The minimum Gasteiger partial charge on any atom is -0.481 e. The standard InChI is InChI=1S/C24H35N3O6S/c1-16(15-27(12-7-13-28)23(29)33-24(2,3)4)26-34(30,31)20-9-6-8-18-21(20)19(17-10-11-17)14-25-22(18)32-5/h6,8-9,14,16-17,26,28H,7,10-13,15H2,1-5H3. The number of fused-ring (bicyclic) bond motifs is 1. The van der Waals surface area contributed by atoms with Gasteiger partial charge < -0.3 is 19.5 Å². The number of carbonyl (C=O) groups is 1. The van der Waals surface area contributed by atoms with Gasteiger partial charge in [0.25, 0.3) is 0 Å². The van der Waals surface area contributed by atoms with Crippen molar-refractivity contribution in [1.82, 2.24) is 14.6 Å². The number of carbonyl (C=O) groups excluding carboxylic acids is 1. The first-order chi connectivity index (χ1) is 16.0. The molecule has 1 saturated carbocycles. The molecule has 1 atom stereocenters. The summed E-state index contributed by atoms with van der Waals surface area (Å²) in [5, 5.41) is 10.5. The molecule has 0 bridgehead atoms. The molecule has 9 nitrogen and oxygen atoms in total. The lowest BCUT2D eigenvalue weighted by atomic mass is 10.0. The summed E-state index contributed by atoms with van der Waals surface area (Å²) < 4.78 is 40.5. The number of aliphatic hydroxyl groups excluding tert-OH is 1. The number of aliphatic hydroxyl groups is 1. The van der Waals surface area contributed by atoms with Crippen LogP contribution in [-0.2, 0) is 14.8 Å². The number of hydrogen-bond donors (Lipinski definition) is 2. The predicted octanol–water partition coefficient (Wildman–Crippen LogP) is 3.41. The van der Waals surface area contributed by atoms with Crippen molar-refractivity contribution in [2.24, 2.45) is 0 Å². The van der Waals surface area contributed by atoms with Gasteiger partial charge in [0.2, 0.25) is 15.9 Å². The number of methoxy groups -OCH3 is 1. The first-order valence-corrected chi connectivity index (χ1v) is 13.0. The van der Waals surface area contributed by atoms with Gasteiger partial charge in [0.05, 0.1) is 12.0 Å². The van der Waals surface area contributed by atoms with Crippen LogP contribution in [-0.4, -0.2) is 68.0 Å². The molecule has 0 saturated heterocycles. The molecule has 2 aromatic rings. The van der Waals surface area contributed by atoms with Crippen molar-refractivity contribution in [3.8, 4) is 5.88 Å². The normalized spacial score (nSPS) is 15.2. The van der Waals surface area contributed by atoms with E-state index in [-0.39, 0.29) is 30.5 Å². The molecule has 10 heteroatoms. The van der Waals surface area contributed by atoms with Gasteiger partial charge in [0.15, 0.2) is 0 Å². The van der Waals surface area contributed by atoms with Gasteiger partial charge in [-0.05, 0) is 70.6 Å². The van der Waals surface area contributed by atoms with E-state index in [9.17, 15) is 18.3 Å². The lowest BCUT2D eigenvalue weighted by Gasteiger charge is -2.29. The van der Waals surface area contributed by atoms with Crippen LogP contribution in [0.3, 0.4) is 0 Å². The molecule has 0 spiro atoms. The fourth-order valence-corrected chi connectivity index (χ4v) is 5.39. The van der Waals surface area contributed by atoms with Gasteiger partial charge in [-0.2, -0.15) is 0 Å². The number of benzene rings is 1. The molecule has 0 aliphatic heterocycles. The van der Waals surface area contributed by atoms with Crippen molar-refractivity contribution in [2.45, 2.75) is 69.4 Å².